The normalized spacial score (nSPS) is 10.9. The van der Waals surface area contributed by atoms with Crippen LogP contribution < -0.4 is 5.32 Å². The number of nitrogens with one attached hydrogen (secondary N) is 1. The zero-order valence-electron chi connectivity index (χ0n) is 11.9. The summed E-state index contributed by atoms with van der Waals surface area (Å²) in [6.45, 7) is 7.02. The number of rotatable bonds is 5. The van der Waals surface area contributed by atoms with Crippen molar-refractivity contribution in [1.82, 2.24) is 4.98 Å². The Kier molecular flexibility index (Phi) is 4.35. The number of pyridine rings is 1. The Morgan fingerprint density at radius 2 is 1.95 bits per heavy atom. The zero-order chi connectivity index (χ0) is 13.8. The van der Waals surface area contributed by atoms with Crippen molar-refractivity contribution in [1.29, 1.82) is 0 Å². The van der Waals surface area contributed by atoms with Gasteiger partial charge in [0.15, 0.2) is 0 Å². The van der Waals surface area contributed by atoms with Gasteiger partial charge in [-0.25, -0.2) is 9.37 Å². The van der Waals surface area contributed by atoms with Gasteiger partial charge >= 0.3 is 0 Å². The van der Waals surface area contributed by atoms with E-state index >= 15 is 0 Å². The van der Waals surface area contributed by atoms with Crippen molar-refractivity contribution in [2.45, 2.75) is 40.0 Å². The van der Waals surface area contributed by atoms with Crippen LogP contribution in [0.1, 0.15) is 37.8 Å². The van der Waals surface area contributed by atoms with E-state index < -0.39 is 0 Å². The molecular formula is C16H21FN2. The van der Waals surface area contributed by atoms with Gasteiger partial charge in [0.05, 0.1) is 0 Å². The van der Waals surface area contributed by atoms with Crippen LogP contribution in [0.5, 0.6) is 0 Å². The fourth-order valence-electron chi connectivity index (χ4n) is 2.29. The fourth-order valence-corrected chi connectivity index (χ4v) is 2.29. The lowest BCUT2D eigenvalue weighted by atomic mass is 10.1. The van der Waals surface area contributed by atoms with Crippen molar-refractivity contribution in [3.63, 3.8) is 0 Å². The molecule has 0 amide bonds. The van der Waals surface area contributed by atoms with Crippen LogP contribution in [0.3, 0.4) is 0 Å². The molecule has 0 radical (unpaired) electrons. The first kappa shape index (κ1) is 13.8. The molecule has 1 heterocycles. The van der Waals surface area contributed by atoms with Gasteiger partial charge in [-0.1, -0.05) is 20.3 Å². The van der Waals surface area contributed by atoms with E-state index in [2.05, 4.69) is 30.2 Å². The molecule has 2 rings (SSSR count). The molecule has 102 valence electrons. The second kappa shape index (κ2) is 6.00. The molecule has 0 atom stereocenters. The van der Waals surface area contributed by atoms with E-state index in [1.165, 1.54) is 5.56 Å². The Labute approximate surface area is 114 Å². The number of benzene rings is 1. The van der Waals surface area contributed by atoms with Gasteiger partial charge in [0.25, 0.3) is 0 Å². The molecular weight excluding hydrogens is 239 g/mol. The molecule has 19 heavy (non-hydrogen) atoms. The van der Waals surface area contributed by atoms with E-state index in [1.54, 1.807) is 6.07 Å². The Morgan fingerprint density at radius 1 is 1.16 bits per heavy atom. The van der Waals surface area contributed by atoms with Crippen molar-refractivity contribution in [3.8, 4) is 0 Å². The summed E-state index contributed by atoms with van der Waals surface area (Å²) in [7, 11) is 0. The molecule has 0 saturated heterocycles. The highest BCUT2D eigenvalue weighted by Crippen LogP contribution is 2.25. The molecule has 0 aliphatic carbocycles. The Morgan fingerprint density at radius 3 is 2.63 bits per heavy atom. The molecule has 0 aliphatic heterocycles. The van der Waals surface area contributed by atoms with Crippen molar-refractivity contribution in [3.05, 3.63) is 35.1 Å². The van der Waals surface area contributed by atoms with Gasteiger partial charge < -0.3 is 5.32 Å². The van der Waals surface area contributed by atoms with E-state index in [-0.39, 0.29) is 5.82 Å². The second-order valence-corrected chi connectivity index (χ2v) is 4.99. The molecule has 0 saturated carbocycles. The van der Waals surface area contributed by atoms with Crippen molar-refractivity contribution in [2.24, 2.45) is 0 Å². The highest BCUT2D eigenvalue weighted by Gasteiger charge is 2.09. The Balaban J connectivity index is 2.55. The van der Waals surface area contributed by atoms with E-state index in [4.69, 9.17) is 0 Å². The first-order valence-corrected chi connectivity index (χ1v) is 6.99. The molecule has 2 aromatic rings. The van der Waals surface area contributed by atoms with Gasteiger partial charge in [-0.05, 0) is 49.1 Å². The largest absolute Gasteiger partial charge is 0.370 e. The van der Waals surface area contributed by atoms with Gasteiger partial charge in [0.1, 0.15) is 17.2 Å². The third-order valence-corrected chi connectivity index (χ3v) is 3.16. The maximum atomic E-state index is 14.0. The summed E-state index contributed by atoms with van der Waals surface area (Å²) in [4.78, 5) is 4.49. The predicted molar refractivity (Wildman–Crippen MR) is 79.2 cm³/mol. The minimum atomic E-state index is -0.238. The maximum Gasteiger partial charge on any atom is 0.149 e. The van der Waals surface area contributed by atoms with E-state index in [9.17, 15) is 4.39 Å². The average Bonchev–Trinajstić information content (AvgIpc) is 2.37. The highest BCUT2D eigenvalue weighted by atomic mass is 19.1. The van der Waals surface area contributed by atoms with Gasteiger partial charge in [-0.15, -0.1) is 0 Å². The summed E-state index contributed by atoms with van der Waals surface area (Å²) < 4.78 is 14.0. The quantitative estimate of drug-likeness (QED) is 0.858. The van der Waals surface area contributed by atoms with Crippen LogP contribution in [0, 0.1) is 12.7 Å². The molecule has 3 heteroatoms. The summed E-state index contributed by atoms with van der Waals surface area (Å²) in [5.41, 5.74) is 2.57. The summed E-state index contributed by atoms with van der Waals surface area (Å²) in [5.74, 6) is 0.594. The highest BCUT2D eigenvalue weighted by molar-refractivity contribution is 5.83. The van der Waals surface area contributed by atoms with E-state index in [0.29, 0.717) is 5.52 Å². The van der Waals surface area contributed by atoms with Crippen LogP contribution in [0.25, 0.3) is 10.9 Å². The number of hydrogen-bond donors (Lipinski definition) is 1. The van der Waals surface area contributed by atoms with Crippen LogP contribution in [0.4, 0.5) is 10.2 Å². The summed E-state index contributed by atoms with van der Waals surface area (Å²) >= 11 is 0. The van der Waals surface area contributed by atoms with Crippen LogP contribution in [0.2, 0.25) is 0 Å². The molecule has 0 fully saturated rings. The monoisotopic (exact) mass is 260 g/mol. The lowest BCUT2D eigenvalue weighted by Crippen LogP contribution is -2.06. The summed E-state index contributed by atoms with van der Waals surface area (Å²) in [6.07, 6.45) is 3.05. The fraction of sp³-hybridized carbons (Fsp3) is 0.438. The lowest BCUT2D eigenvalue weighted by Gasteiger charge is -2.12. The van der Waals surface area contributed by atoms with Crippen molar-refractivity contribution < 1.29 is 4.39 Å². The minimum Gasteiger partial charge on any atom is -0.370 e. The van der Waals surface area contributed by atoms with Gasteiger partial charge in [0, 0.05) is 11.9 Å². The summed E-state index contributed by atoms with van der Waals surface area (Å²) in [6, 6.07) is 5.60. The number of anilines is 1. The van der Waals surface area contributed by atoms with Gasteiger partial charge in [-0.3, -0.25) is 0 Å². The van der Waals surface area contributed by atoms with Gasteiger partial charge in [0.2, 0.25) is 0 Å². The third-order valence-electron chi connectivity index (χ3n) is 3.16. The van der Waals surface area contributed by atoms with Gasteiger partial charge in [-0.2, -0.15) is 0 Å². The third kappa shape index (κ3) is 3.03. The first-order chi connectivity index (χ1) is 9.15. The number of fused-ring (bicyclic) bond motifs is 1. The van der Waals surface area contributed by atoms with E-state index in [0.717, 1.165) is 42.6 Å². The maximum absolute atomic E-state index is 14.0. The standard InChI is InChI=1S/C16H21FN2/c1-4-6-12-10-13-8-11(3)9-14(17)15(13)19-16(12)18-7-5-2/h8-10H,4-7H2,1-3H3,(H,18,19). The number of aryl methyl sites for hydroxylation is 2. The first-order valence-electron chi connectivity index (χ1n) is 6.99. The number of aromatic nitrogens is 1. The molecule has 1 N–H and O–H groups in total. The lowest BCUT2D eigenvalue weighted by molar-refractivity contribution is 0.635. The molecule has 0 aliphatic rings. The van der Waals surface area contributed by atoms with Crippen LogP contribution in [-0.2, 0) is 6.42 Å². The summed E-state index contributed by atoms with van der Waals surface area (Å²) in [5, 5.41) is 4.20. The van der Waals surface area contributed by atoms with Crippen LogP contribution >= 0.6 is 0 Å². The topological polar surface area (TPSA) is 24.9 Å². The Hall–Kier alpha value is -1.64. The molecule has 1 aromatic carbocycles. The Bertz CT molecular complexity index is 578. The van der Waals surface area contributed by atoms with Crippen molar-refractivity contribution >= 4 is 16.7 Å². The average molecular weight is 260 g/mol. The van der Waals surface area contributed by atoms with E-state index in [1.807, 2.05) is 13.0 Å². The molecule has 0 unspecified atom stereocenters. The second-order valence-electron chi connectivity index (χ2n) is 4.99. The smallest absolute Gasteiger partial charge is 0.149 e. The molecule has 1 aromatic heterocycles. The van der Waals surface area contributed by atoms with Crippen LogP contribution in [0.15, 0.2) is 18.2 Å². The number of halogens is 1. The SMILES string of the molecule is CCCNc1nc2c(F)cc(C)cc2cc1CCC. The number of hydrogen-bond acceptors (Lipinski definition) is 2. The molecule has 0 spiro atoms. The zero-order valence-corrected chi connectivity index (χ0v) is 11.9. The van der Waals surface area contributed by atoms with Crippen LogP contribution in [-0.4, -0.2) is 11.5 Å². The minimum absolute atomic E-state index is 0.238. The number of nitrogens with zero attached hydrogens (tertiary/aromatic N) is 1. The molecule has 0 bridgehead atoms. The van der Waals surface area contributed by atoms with Crippen molar-refractivity contribution in [2.75, 3.05) is 11.9 Å². The predicted octanol–water partition coefficient (Wildman–Crippen LogP) is 4.46. The molecule has 2 nitrogen and oxygen atoms in total.